The van der Waals surface area contributed by atoms with Crippen LogP contribution in [-0.4, -0.2) is 15.7 Å². The molecule has 0 N–H and O–H groups in total. The average Bonchev–Trinajstić information content (AvgIpc) is 2.66. The van der Waals surface area contributed by atoms with Gasteiger partial charge in [-0.2, -0.15) is 5.10 Å². The molecule has 0 aliphatic carbocycles. The molecule has 0 bridgehead atoms. The van der Waals surface area contributed by atoms with Crippen LogP contribution in [0.5, 0.6) is 0 Å². The summed E-state index contributed by atoms with van der Waals surface area (Å²) in [5.74, 6) is -3.45. The van der Waals surface area contributed by atoms with Crippen molar-refractivity contribution in [3.8, 4) is 0 Å². The van der Waals surface area contributed by atoms with Crippen LogP contribution in [0.3, 0.4) is 0 Å². The van der Waals surface area contributed by atoms with E-state index in [1.54, 1.807) is 0 Å². The van der Waals surface area contributed by atoms with Gasteiger partial charge in [0.05, 0.1) is 9.77 Å². The van der Waals surface area contributed by atoms with Crippen LogP contribution < -0.4 is 0 Å². The highest BCUT2D eigenvalue weighted by atomic mass is 127. The fraction of sp³-hybridized carbons (Fsp3) is 0.250. The molecule has 1 aromatic carbocycles. The van der Waals surface area contributed by atoms with E-state index in [9.17, 15) is 13.2 Å². The molecule has 0 saturated carbocycles. The fourth-order valence-electron chi connectivity index (χ4n) is 1.78. The third-order valence-electron chi connectivity index (χ3n) is 2.50. The van der Waals surface area contributed by atoms with Gasteiger partial charge < -0.3 is 0 Å². The van der Waals surface area contributed by atoms with Gasteiger partial charge in [0, 0.05) is 13.1 Å². The molecule has 0 aliphatic rings. The molecule has 6 heteroatoms. The Bertz CT molecular complexity index is 531. The van der Waals surface area contributed by atoms with Gasteiger partial charge in [-0.05, 0) is 40.3 Å². The van der Waals surface area contributed by atoms with E-state index in [-0.39, 0.29) is 0 Å². The first-order chi connectivity index (χ1) is 8.38. The second kappa shape index (κ2) is 4.91. The van der Waals surface area contributed by atoms with Crippen molar-refractivity contribution in [2.45, 2.75) is 18.9 Å². The van der Waals surface area contributed by atoms with E-state index in [1.807, 2.05) is 22.6 Å². The molecule has 2 aromatic rings. The lowest BCUT2D eigenvalue weighted by Gasteiger charge is -2.24. The molecule has 1 heterocycles. The van der Waals surface area contributed by atoms with Gasteiger partial charge in [-0.3, -0.25) is 4.68 Å². The number of aromatic nitrogens is 2. The van der Waals surface area contributed by atoms with Crippen LogP contribution in [0.1, 0.15) is 18.5 Å². The Balaban J connectivity index is 2.47. The number of alkyl halides is 2. The quantitative estimate of drug-likeness (QED) is 0.755. The van der Waals surface area contributed by atoms with Crippen molar-refractivity contribution in [2.75, 3.05) is 0 Å². The summed E-state index contributed by atoms with van der Waals surface area (Å²) in [7, 11) is 0. The van der Waals surface area contributed by atoms with Crippen molar-refractivity contribution in [1.29, 1.82) is 0 Å². The van der Waals surface area contributed by atoms with Crippen LogP contribution in [0.25, 0.3) is 0 Å². The molecule has 0 aliphatic heterocycles. The summed E-state index contributed by atoms with van der Waals surface area (Å²) in [6.45, 7) is 0.829. The zero-order valence-electron chi connectivity index (χ0n) is 9.45. The minimum absolute atomic E-state index is 0.323. The first-order valence-corrected chi connectivity index (χ1v) is 6.29. The number of hydrogen-bond acceptors (Lipinski definition) is 1. The van der Waals surface area contributed by atoms with Crippen molar-refractivity contribution < 1.29 is 13.2 Å². The molecular formula is C12H10F3IN2. The molecule has 1 aromatic heterocycles. The van der Waals surface area contributed by atoms with Crippen LogP contribution in [-0.2, 0) is 0 Å². The zero-order chi connectivity index (χ0) is 13.3. The van der Waals surface area contributed by atoms with Crippen molar-refractivity contribution >= 4 is 22.6 Å². The summed E-state index contributed by atoms with van der Waals surface area (Å²) in [4.78, 5) is 0. The number of nitrogens with zero attached hydrogens (tertiary/aromatic N) is 2. The first kappa shape index (κ1) is 13.4. The molecule has 0 spiro atoms. The summed E-state index contributed by atoms with van der Waals surface area (Å²) < 4.78 is 42.2. The lowest BCUT2D eigenvalue weighted by molar-refractivity contribution is -0.0217. The summed E-state index contributed by atoms with van der Waals surface area (Å²) in [5, 5.41) is 3.92. The van der Waals surface area contributed by atoms with E-state index in [2.05, 4.69) is 5.10 Å². The topological polar surface area (TPSA) is 17.8 Å². The predicted molar refractivity (Wildman–Crippen MR) is 70.1 cm³/mol. The summed E-state index contributed by atoms with van der Waals surface area (Å²) in [6, 6.07) is 3.81. The Morgan fingerprint density at radius 3 is 2.33 bits per heavy atom. The Hall–Kier alpha value is -1.05. The summed E-state index contributed by atoms with van der Waals surface area (Å²) in [6.07, 6.45) is 3.04. The van der Waals surface area contributed by atoms with Gasteiger partial charge in [0.25, 0.3) is 5.92 Å². The van der Waals surface area contributed by atoms with Gasteiger partial charge >= 0.3 is 0 Å². The van der Waals surface area contributed by atoms with Gasteiger partial charge in [-0.1, -0.05) is 12.1 Å². The standard InChI is InChI=1S/C12H10F3IN2/c1-12(14,15)11(18-7-10(16)6-17-18)8-2-4-9(13)5-3-8/h2-7,11H,1H3/t11-/m0/s1. The highest BCUT2D eigenvalue weighted by molar-refractivity contribution is 14.1. The lowest BCUT2D eigenvalue weighted by atomic mass is 10.0. The second-order valence-electron chi connectivity index (χ2n) is 4.05. The molecule has 0 unspecified atom stereocenters. The zero-order valence-corrected chi connectivity index (χ0v) is 11.6. The molecule has 0 radical (unpaired) electrons. The maximum Gasteiger partial charge on any atom is 0.271 e. The normalized spacial score (nSPS) is 13.6. The Morgan fingerprint density at radius 2 is 1.89 bits per heavy atom. The number of halogens is 4. The van der Waals surface area contributed by atoms with Gasteiger partial charge in [0.15, 0.2) is 0 Å². The Kier molecular flexibility index (Phi) is 3.65. The lowest BCUT2D eigenvalue weighted by Crippen LogP contribution is -2.29. The molecule has 0 amide bonds. The van der Waals surface area contributed by atoms with E-state index < -0.39 is 17.8 Å². The van der Waals surface area contributed by atoms with E-state index in [1.165, 1.54) is 41.3 Å². The van der Waals surface area contributed by atoms with Gasteiger partial charge in [-0.15, -0.1) is 0 Å². The van der Waals surface area contributed by atoms with Crippen molar-refractivity contribution in [3.05, 3.63) is 51.6 Å². The molecule has 2 rings (SSSR count). The molecule has 0 fully saturated rings. The van der Waals surface area contributed by atoms with Crippen molar-refractivity contribution in [1.82, 2.24) is 9.78 Å². The van der Waals surface area contributed by atoms with Crippen LogP contribution in [0, 0.1) is 9.39 Å². The fourth-order valence-corrected chi connectivity index (χ4v) is 2.19. The maximum absolute atomic E-state index is 13.7. The molecule has 18 heavy (non-hydrogen) atoms. The third-order valence-corrected chi connectivity index (χ3v) is 3.06. The monoisotopic (exact) mass is 366 g/mol. The minimum atomic E-state index is -2.99. The largest absolute Gasteiger partial charge is 0.271 e. The Morgan fingerprint density at radius 1 is 1.28 bits per heavy atom. The van der Waals surface area contributed by atoms with Gasteiger partial charge in [-0.25, -0.2) is 13.2 Å². The number of benzene rings is 1. The average molecular weight is 366 g/mol. The van der Waals surface area contributed by atoms with E-state index in [0.29, 0.717) is 5.56 Å². The van der Waals surface area contributed by atoms with Gasteiger partial charge in [0.1, 0.15) is 11.9 Å². The molecule has 1 atom stereocenters. The highest BCUT2D eigenvalue weighted by Crippen LogP contribution is 2.34. The molecule has 0 saturated heterocycles. The van der Waals surface area contributed by atoms with Crippen LogP contribution >= 0.6 is 22.6 Å². The third kappa shape index (κ3) is 2.85. The Labute approximate surface area is 116 Å². The molecule has 2 nitrogen and oxygen atoms in total. The second-order valence-corrected chi connectivity index (χ2v) is 5.29. The minimum Gasteiger partial charge on any atom is -0.258 e. The smallest absolute Gasteiger partial charge is 0.258 e. The maximum atomic E-state index is 13.7. The van der Waals surface area contributed by atoms with Crippen LogP contribution in [0.15, 0.2) is 36.7 Å². The number of hydrogen-bond donors (Lipinski definition) is 0. The molecular weight excluding hydrogens is 356 g/mol. The van der Waals surface area contributed by atoms with E-state index in [0.717, 1.165) is 10.5 Å². The van der Waals surface area contributed by atoms with E-state index in [4.69, 9.17) is 0 Å². The van der Waals surface area contributed by atoms with Crippen molar-refractivity contribution in [2.24, 2.45) is 0 Å². The first-order valence-electron chi connectivity index (χ1n) is 5.21. The van der Waals surface area contributed by atoms with Crippen LogP contribution in [0.4, 0.5) is 13.2 Å². The predicted octanol–water partition coefficient (Wildman–Crippen LogP) is 3.87. The van der Waals surface area contributed by atoms with Gasteiger partial charge in [0.2, 0.25) is 0 Å². The van der Waals surface area contributed by atoms with E-state index >= 15 is 0 Å². The van der Waals surface area contributed by atoms with Crippen LogP contribution in [0.2, 0.25) is 0 Å². The molecule has 96 valence electrons. The number of rotatable bonds is 3. The highest BCUT2D eigenvalue weighted by Gasteiger charge is 2.37. The summed E-state index contributed by atoms with van der Waals surface area (Å²) >= 11 is 2.00. The van der Waals surface area contributed by atoms with Crippen molar-refractivity contribution in [3.63, 3.8) is 0 Å². The SMILES string of the molecule is CC(F)(F)[C@H](c1ccc(F)cc1)n1cc(I)cn1. The summed E-state index contributed by atoms with van der Waals surface area (Å²) in [5.41, 5.74) is 0.323.